The smallest absolute Gasteiger partial charge is 0.116 e. The summed E-state index contributed by atoms with van der Waals surface area (Å²) in [7, 11) is 0. The molecule has 0 fully saturated rings. The van der Waals surface area contributed by atoms with E-state index in [0.29, 0.717) is 5.71 Å². The van der Waals surface area contributed by atoms with Crippen LogP contribution in [0.3, 0.4) is 0 Å². The van der Waals surface area contributed by atoms with Crippen molar-refractivity contribution in [2.75, 3.05) is 0 Å². The molecule has 2 atom stereocenters. The normalized spacial score (nSPS) is 14.9. The van der Waals surface area contributed by atoms with Crippen molar-refractivity contribution in [3.8, 4) is 0 Å². The van der Waals surface area contributed by atoms with Gasteiger partial charge in [0.15, 0.2) is 0 Å². The van der Waals surface area contributed by atoms with Gasteiger partial charge in [0.05, 0.1) is 0 Å². The monoisotopic (exact) mass is 291 g/mol. The molecule has 2 N–H and O–H groups in total. The lowest BCUT2D eigenvalue weighted by molar-refractivity contribution is 0.148. The molecular formula is C18H29NO2. The molecule has 1 aromatic rings. The Morgan fingerprint density at radius 1 is 1.00 bits per heavy atom. The molecule has 0 spiro atoms. The van der Waals surface area contributed by atoms with E-state index in [9.17, 15) is 10.3 Å². The summed E-state index contributed by atoms with van der Waals surface area (Å²) in [6.45, 7) is 4.34. The zero-order valence-electron chi connectivity index (χ0n) is 13.3. The van der Waals surface area contributed by atoms with E-state index in [4.69, 9.17) is 0 Å². The fraction of sp³-hybridized carbons (Fsp3) is 0.611. The van der Waals surface area contributed by atoms with Crippen LogP contribution in [0.2, 0.25) is 0 Å². The fourth-order valence-electron chi connectivity index (χ4n) is 2.70. The van der Waals surface area contributed by atoms with Gasteiger partial charge in [0.2, 0.25) is 0 Å². The lowest BCUT2D eigenvalue weighted by Gasteiger charge is -2.23. The summed E-state index contributed by atoms with van der Waals surface area (Å²) in [5.74, 6) is 0.169. The molecule has 0 aliphatic carbocycles. The number of benzene rings is 1. The lowest BCUT2D eigenvalue weighted by atomic mass is 9.86. The first-order chi connectivity index (χ1) is 10.2. The standard InChI is InChI=1S/C18H29NO2/c1-3-5-8-14-16(11-6-4-2)18(20)17(19-21)15-12-9-7-10-13-15/h7,9-10,12-13,16,18,20-21H,3-6,8,11,14H2,1-2H3. The van der Waals surface area contributed by atoms with Crippen molar-refractivity contribution >= 4 is 5.71 Å². The third-order valence-electron chi connectivity index (χ3n) is 4.01. The van der Waals surface area contributed by atoms with Gasteiger partial charge < -0.3 is 10.3 Å². The summed E-state index contributed by atoms with van der Waals surface area (Å²) in [5, 5.41) is 23.4. The highest BCUT2D eigenvalue weighted by atomic mass is 16.4. The zero-order valence-corrected chi connectivity index (χ0v) is 13.3. The van der Waals surface area contributed by atoms with Crippen molar-refractivity contribution in [2.24, 2.45) is 11.1 Å². The molecule has 3 nitrogen and oxygen atoms in total. The SMILES string of the molecule is CCCCCC(CCCC)C(O)C(=NO)c1ccccc1. The third-order valence-corrected chi connectivity index (χ3v) is 4.01. The van der Waals surface area contributed by atoms with E-state index >= 15 is 0 Å². The van der Waals surface area contributed by atoms with E-state index in [1.807, 2.05) is 30.3 Å². The molecule has 0 radical (unpaired) electrons. The van der Waals surface area contributed by atoms with E-state index in [0.717, 1.165) is 37.7 Å². The molecule has 21 heavy (non-hydrogen) atoms. The van der Waals surface area contributed by atoms with E-state index in [2.05, 4.69) is 19.0 Å². The molecule has 3 heteroatoms. The number of hydrogen-bond acceptors (Lipinski definition) is 3. The highest BCUT2D eigenvalue weighted by Crippen LogP contribution is 2.23. The van der Waals surface area contributed by atoms with E-state index in [-0.39, 0.29) is 5.92 Å². The predicted octanol–water partition coefficient (Wildman–Crippen LogP) is 4.61. The highest BCUT2D eigenvalue weighted by molar-refractivity contribution is 6.03. The summed E-state index contributed by atoms with van der Waals surface area (Å²) in [4.78, 5) is 0. The topological polar surface area (TPSA) is 52.8 Å². The van der Waals surface area contributed by atoms with Crippen molar-refractivity contribution in [3.63, 3.8) is 0 Å². The molecule has 0 saturated heterocycles. The molecule has 0 aliphatic heterocycles. The second-order valence-electron chi connectivity index (χ2n) is 5.69. The molecule has 1 aromatic carbocycles. The molecule has 0 amide bonds. The van der Waals surface area contributed by atoms with Gasteiger partial charge in [-0.3, -0.25) is 0 Å². The maximum Gasteiger partial charge on any atom is 0.116 e. The number of oxime groups is 1. The molecule has 1 rings (SSSR count). The van der Waals surface area contributed by atoms with Crippen LogP contribution in [-0.2, 0) is 0 Å². The van der Waals surface area contributed by atoms with Crippen LogP contribution in [0.5, 0.6) is 0 Å². The average Bonchev–Trinajstić information content (AvgIpc) is 2.52. The minimum absolute atomic E-state index is 0.169. The van der Waals surface area contributed by atoms with E-state index < -0.39 is 6.10 Å². The summed E-state index contributed by atoms with van der Waals surface area (Å²) in [6, 6.07) is 9.46. The van der Waals surface area contributed by atoms with Crippen LogP contribution in [0.4, 0.5) is 0 Å². The summed E-state index contributed by atoms with van der Waals surface area (Å²) < 4.78 is 0. The Hall–Kier alpha value is -1.35. The fourth-order valence-corrected chi connectivity index (χ4v) is 2.70. The van der Waals surface area contributed by atoms with Crippen LogP contribution in [0, 0.1) is 5.92 Å². The van der Waals surface area contributed by atoms with E-state index in [1.54, 1.807) is 0 Å². The third kappa shape index (κ3) is 5.88. The number of hydrogen-bond donors (Lipinski definition) is 2. The minimum atomic E-state index is -0.694. The maximum atomic E-state index is 10.7. The molecule has 0 aromatic heterocycles. The first kappa shape index (κ1) is 17.7. The van der Waals surface area contributed by atoms with Crippen LogP contribution >= 0.6 is 0 Å². The first-order valence-corrected chi connectivity index (χ1v) is 8.20. The van der Waals surface area contributed by atoms with Crippen molar-refractivity contribution in [1.82, 2.24) is 0 Å². The molecule has 0 saturated carbocycles. The number of aliphatic hydroxyl groups excluding tert-OH is 1. The Kier molecular flexibility index (Phi) is 8.76. The predicted molar refractivity (Wildman–Crippen MR) is 87.9 cm³/mol. The van der Waals surface area contributed by atoms with Gasteiger partial charge in [-0.05, 0) is 18.8 Å². The second kappa shape index (κ2) is 10.4. The molecule has 2 unspecified atom stereocenters. The average molecular weight is 291 g/mol. The second-order valence-corrected chi connectivity index (χ2v) is 5.69. The van der Waals surface area contributed by atoms with Gasteiger partial charge in [-0.1, -0.05) is 81.4 Å². The molecule has 0 heterocycles. The number of unbranched alkanes of at least 4 members (excludes halogenated alkanes) is 3. The van der Waals surface area contributed by atoms with Crippen LogP contribution in [-0.4, -0.2) is 22.1 Å². The molecular weight excluding hydrogens is 262 g/mol. The van der Waals surface area contributed by atoms with Crippen molar-refractivity contribution in [3.05, 3.63) is 35.9 Å². The number of nitrogens with zero attached hydrogens (tertiary/aromatic N) is 1. The van der Waals surface area contributed by atoms with Gasteiger partial charge in [0.1, 0.15) is 11.8 Å². The largest absolute Gasteiger partial charge is 0.411 e. The molecule has 0 aliphatic rings. The number of rotatable bonds is 10. The first-order valence-electron chi connectivity index (χ1n) is 8.20. The van der Waals surface area contributed by atoms with Gasteiger partial charge in [-0.2, -0.15) is 0 Å². The van der Waals surface area contributed by atoms with Crippen molar-refractivity contribution in [1.29, 1.82) is 0 Å². The van der Waals surface area contributed by atoms with Gasteiger partial charge >= 0.3 is 0 Å². The quantitative estimate of drug-likeness (QED) is 0.286. The van der Waals surface area contributed by atoms with E-state index in [1.165, 1.54) is 12.8 Å². The van der Waals surface area contributed by atoms with Crippen molar-refractivity contribution < 1.29 is 10.3 Å². The Morgan fingerprint density at radius 3 is 2.19 bits per heavy atom. The maximum absolute atomic E-state index is 10.7. The van der Waals surface area contributed by atoms with Crippen LogP contribution in [0.15, 0.2) is 35.5 Å². The van der Waals surface area contributed by atoms with Crippen LogP contribution in [0.1, 0.15) is 64.4 Å². The van der Waals surface area contributed by atoms with Crippen LogP contribution < -0.4 is 0 Å². The van der Waals surface area contributed by atoms with Crippen molar-refractivity contribution in [2.45, 2.75) is 64.9 Å². The Labute approximate surface area is 128 Å². The Balaban J connectivity index is 2.78. The molecule has 0 bridgehead atoms. The van der Waals surface area contributed by atoms with Gasteiger partial charge in [0.25, 0.3) is 0 Å². The zero-order chi connectivity index (χ0) is 15.5. The summed E-state index contributed by atoms with van der Waals surface area (Å²) in [6.07, 6.45) is 6.97. The van der Waals surface area contributed by atoms with Gasteiger partial charge in [-0.25, -0.2) is 0 Å². The Morgan fingerprint density at radius 2 is 1.62 bits per heavy atom. The van der Waals surface area contributed by atoms with Gasteiger partial charge in [-0.15, -0.1) is 0 Å². The molecule has 118 valence electrons. The van der Waals surface area contributed by atoms with Gasteiger partial charge in [0, 0.05) is 5.56 Å². The minimum Gasteiger partial charge on any atom is -0.411 e. The Bertz CT molecular complexity index is 403. The number of aliphatic hydroxyl groups is 1. The lowest BCUT2D eigenvalue weighted by Crippen LogP contribution is -2.30. The summed E-state index contributed by atoms with van der Waals surface area (Å²) in [5.41, 5.74) is 1.19. The summed E-state index contributed by atoms with van der Waals surface area (Å²) >= 11 is 0. The van der Waals surface area contributed by atoms with Crippen LogP contribution in [0.25, 0.3) is 0 Å². The highest BCUT2D eigenvalue weighted by Gasteiger charge is 2.25.